The van der Waals surface area contributed by atoms with E-state index in [0.29, 0.717) is 19.4 Å². The minimum absolute atomic E-state index is 0.0325. The number of carboxylic acid groups (broad SMARTS) is 1. The van der Waals surface area contributed by atoms with Gasteiger partial charge in [0, 0.05) is 49.4 Å². The fourth-order valence-electron chi connectivity index (χ4n) is 5.16. The number of amides is 3. The largest absolute Gasteiger partial charge is 0.483 e. The summed E-state index contributed by atoms with van der Waals surface area (Å²) in [5.41, 5.74) is 0.924. The molecule has 0 aromatic carbocycles. The predicted octanol–water partition coefficient (Wildman–Crippen LogP) is 1.61. The molecule has 33 heavy (non-hydrogen) atoms. The Kier molecular flexibility index (Phi) is 8.79. The van der Waals surface area contributed by atoms with Crippen LogP contribution in [0.2, 0.25) is 0 Å². The van der Waals surface area contributed by atoms with Gasteiger partial charge in [0.15, 0.2) is 0 Å². The van der Waals surface area contributed by atoms with Gasteiger partial charge < -0.3 is 20.2 Å². The molecular formula is C24H34N4O5. The van der Waals surface area contributed by atoms with Crippen LogP contribution in [0.25, 0.3) is 0 Å². The Balaban J connectivity index is 0.000000968. The predicted molar refractivity (Wildman–Crippen MR) is 121 cm³/mol. The van der Waals surface area contributed by atoms with Gasteiger partial charge in [0.05, 0.1) is 0 Å². The number of aromatic nitrogens is 1. The molecule has 3 aliphatic rings. The molecule has 0 bridgehead atoms. The van der Waals surface area contributed by atoms with E-state index in [2.05, 4.69) is 10.3 Å². The van der Waals surface area contributed by atoms with Gasteiger partial charge >= 0.3 is 0 Å². The minimum atomic E-state index is -0.351. The quantitative estimate of drug-likeness (QED) is 0.647. The van der Waals surface area contributed by atoms with E-state index in [-0.39, 0.29) is 48.2 Å². The van der Waals surface area contributed by atoms with Gasteiger partial charge in [0.25, 0.3) is 6.47 Å². The van der Waals surface area contributed by atoms with Gasteiger partial charge in [0.1, 0.15) is 6.04 Å². The molecule has 0 radical (unpaired) electrons. The Labute approximate surface area is 194 Å². The highest BCUT2D eigenvalue weighted by molar-refractivity contribution is 5.90. The number of fused-ring (bicyclic) bond motifs is 1. The zero-order valence-corrected chi connectivity index (χ0v) is 19.2. The van der Waals surface area contributed by atoms with E-state index in [0.717, 1.165) is 50.8 Å². The van der Waals surface area contributed by atoms with Gasteiger partial charge in [-0.05, 0) is 64.0 Å². The van der Waals surface area contributed by atoms with Gasteiger partial charge in [0.2, 0.25) is 17.7 Å². The van der Waals surface area contributed by atoms with Crippen molar-refractivity contribution >= 4 is 24.2 Å². The lowest BCUT2D eigenvalue weighted by molar-refractivity contribution is -0.155. The Morgan fingerprint density at radius 3 is 2.61 bits per heavy atom. The maximum atomic E-state index is 13.1. The topological polar surface area (TPSA) is 120 Å². The van der Waals surface area contributed by atoms with Crippen molar-refractivity contribution in [2.24, 2.45) is 5.92 Å². The van der Waals surface area contributed by atoms with Crippen molar-refractivity contribution in [3.63, 3.8) is 0 Å². The number of nitrogens with one attached hydrogen (secondary N) is 1. The third-order valence-corrected chi connectivity index (χ3v) is 6.95. The Bertz CT molecular complexity index is 825. The van der Waals surface area contributed by atoms with Crippen molar-refractivity contribution in [2.75, 3.05) is 13.1 Å². The molecule has 3 amide bonds. The van der Waals surface area contributed by atoms with E-state index >= 15 is 0 Å². The third-order valence-electron chi connectivity index (χ3n) is 6.95. The summed E-state index contributed by atoms with van der Waals surface area (Å²) in [4.78, 5) is 54.4. The maximum absolute atomic E-state index is 13.1. The highest BCUT2D eigenvalue weighted by Crippen LogP contribution is 2.31. The maximum Gasteiger partial charge on any atom is 0.290 e. The van der Waals surface area contributed by atoms with Crippen LogP contribution in [-0.2, 0) is 25.6 Å². The third kappa shape index (κ3) is 6.30. The molecule has 3 fully saturated rings. The van der Waals surface area contributed by atoms with Crippen LogP contribution < -0.4 is 5.32 Å². The number of piperazine rings is 1. The molecule has 0 unspecified atom stereocenters. The molecule has 3 heterocycles. The number of rotatable bonds is 5. The molecule has 1 saturated carbocycles. The number of nitrogens with zero attached hydrogens (tertiary/aromatic N) is 3. The first kappa shape index (κ1) is 24.7. The summed E-state index contributed by atoms with van der Waals surface area (Å²) in [6, 6.07) is 5.72. The smallest absolute Gasteiger partial charge is 0.290 e. The summed E-state index contributed by atoms with van der Waals surface area (Å²) >= 11 is 0. The normalized spacial score (nSPS) is 26.6. The van der Waals surface area contributed by atoms with Crippen molar-refractivity contribution in [2.45, 2.75) is 76.4 Å². The minimum Gasteiger partial charge on any atom is -0.483 e. The molecule has 2 atom stereocenters. The second kappa shape index (κ2) is 11.8. The van der Waals surface area contributed by atoms with Gasteiger partial charge in [-0.25, -0.2) is 0 Å². The van der Waals surface area contributed by atoms with E-state index in [9.17, 15) is 14.4 Å². The molecule has 2 N–H and O–H groups in total. The van der Waals surface area contributed by atoms with Crippen molar-refractivity contribution < 1.29 is 24.3 Å². The lowest BCUT2D eigenvalue weighted by Gasteiger charge is -2.43. The monoisotopic (exact) mass is 458 g/mol. The number of carbonyl (C=O) groups is 4. The number of hydrogen-bond donors (Lipinski definition) is 2. The van der Waals surface area contributed by atoms with Crippen molar-refractivity contribution in [3.05, 3.63) is 30.1 Å². The summed E-state index contributed by atoms with van der Waals surface area (Å²) in [5.74, 6) is 0.246. The summed E-state index contributed by atoms with van der Waals surface area (Å²) in [6.07, 6.45) is 8.03. The summed E-state index contributed by atoms with van der Waals surface area (Å²) in [5, 5.41) is 10.0. The molecule has 1 aromatic heterocycles. The first-order chi connectivity index (χ1) is 15.9. The van der Waals surface area contributed by atoms with Crippen LogP contribution in [0.1, 0.15) is 57.6 Å². The molecule has 180 valence electrons. The summed E-state index contributed by atoms with van der Waals surface area (Å²) in [6.45, 7) is 3.12. The molecule has 2 saturated heterocycles. The molecule has 0 spiro atoms. The fraction of sp³-hybridized carbons (Fsp3) is 0.625. The Morgan fingerprint density at radius 2 is 1.94 bits per heavy atom. The highest BCUT2D eigenvalue weighted by Gasteiger charge is 2.43. The van der Waals surface area contributed by atoms with Crippen molar-refractivity contribution in [1.82, 2.24) is 20.1 Å². The van der Waals surface area contributed by atoms with Crippen LogP contribution in [0, 0.1) is 5.92 Å². The number of pyridine rings is 1. The molecule has 9 heteroatoms. The lowest BCUT2D eigenvalue weighted by Crippen LogP contribution is -2.61. The zero-order chi connectivity index (χ0) is 23.8. The van der Waals surface area contributed by atoms with E-state index in [1.165, 1.54) is 0 Å². The van der Waals surface area contributed by atoms with E-state index in [1.54, 1.807) is 6.20 Å². The molecule has 2 aliphatic heterocycles. The van der Waals surface area contributed by atoms with Gasteiger partial charge in [-0.3, -0.25) is 24.2 Å². The first-order valence-electron chi connectivity index (χ1n) is 11.8. The highest BCUT2D eigenvalue weighted by atomic mass is 16.3. The van der Waals surface area contributed by atoms with Gasteiger partial charge in [-0.15, -0.1) is 0 Å². The van der Waals surface area contributed by atoms with Crippen LogP contribution in [-0.4, -0.2) is 75.3 Å². The number of aryl methyl sites for hydroxylation is 1. The average Bonchev–Trinajstić information content (AvgIpc) is 3.30. The SMILES string of the molecule is C[C@@H]1C(=O)N2CCC[C@H]2CN1C(=O)C1CCC(NC(=O)CCc2ccccn2)CC1.O=CO. The van der Waals surface area contributed by atoms with E-state index < -0.39 is 0 Å². The van der Waals surface area contributed by atoms with Crippen LogP contribution >= 0.6 is 0 Å². The Hall–Kier alpha value is -2.97. The van der Waals surface area contributed by atoms with Crippen molar-refractivity contribution in [3.8, 4) is 0 Å². The first-order valence-corrected chi connectivity index (χ1v) is 11.8. The molecule has 1 aromatic rings. The van der Waals surface area contributed by atoms with Gasteiger partial charge in [-0.1, -0.05) is 6.07 Å². The second-order valence-corrected chi connectivity index (χ2v) is 9.04. The zero-order valence-electron chi connectivity index (χ0n) is 19.2. The number of hydrogen-bond acceptors (Lipinski definition) is 5. The van der Waals surface area contributed by atoms with Crippen LogP contribution in [0.15, 0.2) is 24.4 Å². The van der Waals surface area contributed by atoms with Crippen LogP contribution in [0.4, 0.5) is 0 Å². The lowest BCUT2D eigenvalue weighted by atomic mass is 9.84. The van der Waals surface area contributed by atoms with E-state index in [4.69, 9.17) is 9.90 Å². The average molecular weight is 459 g/mol. The Morgan fingerprint density at radius 1 is 1.21 bits per heavy atom. The number of carbonyl (C=O) groups excluding carboxylic acids is 3. The molecule has 1 aliphatic carbocycles. The summed E-state index contributed by atoms with van der Waals surface area (Å²) < 4.78 is 0. The van der Waals surface area contributed by atoms with Crippen LogP contribution in [0.3, 0.4) is 0 Å². The van der Waals surface area contributed by atoms with Gasteiger partial charge in [-0.2, -0.15) is 0 Å². The van der Waals surface area contributed by atoms with Crippen molar-refractivity contribution in [1.29, 1.82) is 0 Å². The standard InChI is InChI=1S/C23H32N4O3.CH2O2/c1-16-22(29)26-14-4-6-20(26)15-27(16)23(30)17-7-9-19(10-8-17)25-21(28)12-11-18-5-2-3-13-24-18;2-1-3/h2-3,5,13,16-17,19-20H,4,6-12,14-15H2,1H3,(H,25,28);1H,(H,2,3)/t16-,17?,19?,20+;/m1./s1. The summed E-state index contributed by atoms with van der Waals surface area (Å²) in [7, 11) is 0. The van der Waals surface area contributed by atoms with Crippen LogP contribution in [0.5, 0.6) is 0 Å². The molecule has 4 rings (SSSR count). The second-order valence-electron chi connectivity index (χ2n) is 9.04. The molecular weight excluding hydrogens is 424 g/mol. The molecule has 9 nitrogen and oxygen atoms in total. The van der Waals surface area contributed by atoms with E-state index in [1.807, 2.05) is 34.9 Å². The fourth-order valence-corrected chi connectivity index (χ4v) is 5.16.